The van der Waals surface area contributed by atoms with Gasteiger partial charge in [-0.2, -0.15) is 0 Å². The summed E-state index contributed by atoms with van der Waals surface area (Å²) >= 11 is 0. The van der Waals surface area contributed by atoms with Crippen molar-refractivity contribution in [3.63, 3.8) is 0 Å². The van der Waals surface area contributed by atoms with Gasteiger partial charge < -0.3 is 4.74 Å². The Hall–Kier alpha value is -0.0900. The van der Waals surface area contributed by atoms with E-state index in [1.165, 1.54) is 6.26 Å². The molecule has 0 atom stereocenters. The molecule has 0 fully saturated rings. The zero-order chi connectivity index (χ0) is 8.04. The van der Waals surface area contributed by atoms with Crippen LogP contribution in [0.25, 0.3) is 0 Å². The summed E-state index contributed by atoms with van der Waals surface area (Å²) in [7, 11) is -2.83. The molecule has 0 radical (unpaired) electrons. The Morgan fingerprint density at radius 1 is 1.30 bits per heavy atom. The Balaban J connectivity index is 3.21. The van der Waals surface area contributed by atoms with Gasteiger partial charge in [-0.15, -0.1) is 0 Å². The Kier molecular flexibility index (Phi) is 4.64. The smallest absolute Gasteiger partial charge is 0.149 e. The standard InChI is InChI=1S/C6H14O3S/c1-3-4-9-5-6-10(2,7)8/h3-6H2,1-2H3. The number of sulfone groups is 1. The van der Waals surface area contributed by atoms with Gasteiger partial charge in [0.15, 0.2) is 0 Å². The second kappa shape index (κ2) is 4.68. The van der Waals surface area contributed by atoms with Gasteiger partial charge >= 0.3 is 0 Å². The van der Waals surface area contributed by atoms with E-state index in [0.717, 1.165) is 6.42 Å². The molecule has 62 valence electrons. The molecule has 10 heavy (non-hydrogen) atoms. The number of rotatable bonds is 5. The van der Waals surface area contributed by atoms with Crippen molar-refractivity contribution in [3.8, 4) is 0 Å². The molecule has 0 saturated heterocycles. The third-order valence-electron chi connectivity index (χ3n) is 0.947. The summed E-state index contributed by atoms with van der Waals surface area (Å²) in [5.41, 5.74) is 0. The second-order valence-electron chi connectivity index (χ2n) is 2.24. The molecule has 0 aromatic rings. The van der Waals surface area contributed by atoms with Gasteiger partial charge in [0.25, 0.3) is 0 Å². The summed E-state index contributed by atoms with van der Waals surface area (Å²) in [4.78, 5) is 0. The van der Waals surface area contributed by atoms with Gasteiger partial charge in [0.2, 0.25) is 0 Å². The normalized spacial score (nSPS) is 11.8. The van der Waals surface area contributed by atoms with Crippen LogP contribution in [0, 0.1) is 0 Å². The van der Waals surface area contributed by atoms with Crippen molar-refractivity contribution in [2.24, 2.45) is 0 Å². The first kappa shape index (κ1) is 9.91. The van der Waals surface area contributed by atoms with Crippen LogP contribution in [0.15, 0.2) is 0 Å². The molecule has 0 rings (SSSR count). The summed E-state index contributed by atoms with van der Waals surface area (Å²) < 4.78 is 26.0. The third-order valence-corrected chi connectivity index (χ3v) is 1.86. The van der Waals surface area contributed by atoms with Gasteiger partial charge in [-0.25, -0.2) is 8.42 Å². The van der Waals surface area contributed by atoms with Crippen LogP contribution in [-0.4, -0.2) is 33.6 Å². The predicted molar refractivity (Wildman–Crippen MR) is 40.8 cm³/mol. The van der Waals surface area contributed by atoms with Crippen LogP contribution in [0.5, 0.6) is 0 Å². The lowest BCUT2D eigenvalue weighted by atomic mass is 10.5. The van der Waals surface area contributed by atoms with Gasteiger partial charge in [0, 0.05) is 12.9 Å². The highest BCUT2D eigenvalue weighted by Gasteiger charge is 1.99. The van der Waals surface area contributed by atoms with Crippen LogP contribution in [0.3, 0.4) is 0 Å². The van der Waals surface area contributed by atoms with E-state index < -0.39 is 9.84 Å². The molecule has 0 saturated carbocycles. The van der Waals surface area contributed by atoms with E-state index in [4.69, 9.17) is 4.74 Å². The van der Waals surface area contributed by atoms with Crippen molar-refractivity contribution < 1.29 is 13.2 Å². The summed E-state index contributed by atoms with van der Waals surface area (Å²) in [6.45, 7) is 2.96. The van der Waals surface area contributed by atoms with Gasteiger partial charge in [-0.05, 0) is 6.42 Å². The topological polar surface area (TPSA) is 43.4 Å². The molecule has 0 amide bonds. The van der Waals surface area contributed by atoms with Crippen LogP contribution >= 0.6 is 0 Å². The van der Waals surface area contributed by atoms with Crippen molar-refractivity contribution in [2.75, 3.05) is 25.2 Å². The molecule has 0 N–H and O–H groups in total. The molecular weight excluding hydrogens is 152 g/mol. The summed E-state index contributed by atoms with van der Waals surface area (Å²) in [6.07, 6.45) is 2.14. The van der Waals surface area contributed by atoms with Gasteiger partial charge in [0.1, 0.15) is 9.84 Å². The number of hydrogen-bond acceptors (Lipinski definition) is 3. The van der Waals surface area contributed by atoms with E-state index in [2.05, 4.69) is 0 Å². The number of hydrogen-bond donors (Lipinski definition) is 0. The fourth-order valence-corrected chi connectivity index (χ4v) is 0.877. The summed E-state index contributed by atoms with van der Waals surface area (Å²) in [5, 5.41) is 0. The van der Waals surface area contributed by atoms with E-state index in [-0.39, 0.29) is 5.75 Å². The van der Waals surface area contributed by atoms with E-state index in [9.17, 15) is 8.42 Å². The third kappa shape index (κ3) is 7.91. The lowest BCUT2D eigenvalue weighted by Crippen LogP contribution is -2.10. The molecule has 3 nitrogen and oxygen atoms in total. The largest absolute Gasteiger partial charge is 0.380 e. The molecule has 0 heterocycles. The Morgan fingerprint density at radius 3 is 2.30 bits per heavy atom. The predicted octanol–water partition coefficient (Wildman–Crippen LogP) is 0.458. The number of ether oxygens (including phenoxy) is 1. The van der Waals surface area contributed by atoms with E-state index in [1.54, 1.807) is 0 Å². The van der Waals surface area contributed by atoms with Crippen molar-refractivity contribution in [2.45, 2.75) is 13.3 Å². The van der Waals surface area contributed by atoms with Crippen molar-refractivity contribution in [1.82, 2.24) is 0 Å². The molecule has 0 spiro atoms. The molecule has 0 unspecified atom stereocenters. The SMILES string of the molecule is CCCOCCS(C)(=O)=O. The highest BCUT2D eigenvalue weighted by molar-refractivity contribution is 7.90. The second-order valence-corrected chi connectivity index (χ2v) is 4.50. The molecular formula is C6H14O3S. The first-order chi connectivity index (χ1) is 4.56. The van der Waals surface area contributed by atoms with Crippen LogP contribution in [0.2, 0.25) is 0 Å². The van der Waals surface area contributed by atoms with Crippen LogP contribution < -0.4 is 0 Å². The minimum Gasteiger partial charge on any atom is -0.380 e. The van der Waals surface area contributed by atoms with Crippen molar-refractivity contribution >= 4 is 9.84 Å². The lowest BCUT2D eigenvalue weighted by Gasteiger charge is -1.99. The molecule has 4 heteroatoms. The van der Waals surface area contributed by atoms with Crippen LogP contribution in [0.1, 0.15) is 13.3 Å². The Bertz CT molecular complexity index is 160. The van der Waals surface area contributed by atoms with Gasteiger partial charge in [-0.3, -0.25) is 0 Å². The van der Waals surface area contributed by atoms with E-state index >= 15 is 0 Å². The summed E-state index contributed by atoms with van der Waals surface area (Å²) in [6, 6.07) is 0. The fourth-order valence-electron chi connectivity index (χ4n) is 0.457. The minimum absolute atomic E-state index is 0.132. The maximum absolute atomic E-state index is 10.5. The molecule has 0 bridgehead atoms. The molecule has 0 aliphatic carbocycles. The average Bonchev–Trinajstić information content (AvgIpc) is 1.78. The maximum atomic E-state index is 10.5. The minimum atomic E-state index is -2.83. The van der Waals surface area contributed by atoms with Crippen molar-refractivity contribution in [1.29, 1.82) is 0 Å². The van der Waals surface area contributed by atoms with Crippen LogP contribution in [0.4, 0.5) is 0 Å². The maximum Gasteiger partial charge on any atom is 0.149 e. The Morgan fingerprint density at radius 2 is 1.90 bits per heavy atom. The first-order valence-electron chi connectivity index (χ1n) is 3.31. The zero-order valence-electron chi connectivity index (χ0n) is 6.46. The molecule has 0 aromatic carbocycles. The summed E-state index contributed by atoms with van der Waals surface area (Å²) in [5.74, 6) is 0.132. The van der Waals surface area contributed by atoms with Crippen LogP contribution in [-0.2, 0) is 14.6 Å². The molecule has 0 aliphatic heterocycles. The fraction of sp³-hybridized carbons (Fsp3) is 1.00. The average molecular weight is 166 g/mol. The zero-order valence-corrected chi connectivity index (χ0v) is 7.28. The highest BCUT2D eigenvalue weighted by Crippen LogP contribution is 1.85. The Labute approximate surface area is 62.3 Å². The quantitative estimate of drug-likeness (QED) is 0.557. The van der Waals surface area contributed by atoms with Gasteiger partial charge in [0.05, 0.1) is 12.4 Å². The van der Waals surface area contributed by atoms with Crippen molar-refractivity contribution in [3.05, 3.63) is 0 Å². The first-order valence-corrected chi connectivity index (χ1v) is 5.38. The molecule has 0 aliphatic rings. The lowest BCUT2D eigenvalue weighted by molar-refractivity contribution is 0.150. The molecule has 0 aromatic heterocycles. The monoisotopic (exact) mass is 166 g/mol. The highest BCUT2D eigenvalue weighted by atomic mass is 32.2. The van der Waals surface area contributed by atoms with Gasteiger partial charge in [-0.1, -0.05) is 6.92 Å². The van der Waals surface area contributed by atoms with E-state index in [1.807, 2.05) is 6.92 Å². The van der Waals surface area contributed by atoms with E-state index in [0.29, 0.717) is 13.2 Å².